The van der Waals surface area contributed by atoms with Crippen molar-refractivity contribution in [2.45, 2.75) is 19.0 Å². The van der Waals surface area contributed by atoms with Gasteiger partial charge < -0.3 is 9.64 Å². The van der Waals surface area contributed by atoms with Crippen LogP contribution < -0.4 is 4.74 Å². The molecule has 1 unspecified atom stereocenters. The van der Waals surface area contributed by atoms with E-state index in [2.05, 4.69) is 33.0 Å². The third-order valence-corrected chi connectivity index (χ3v) is 5.68. The number of benzene rings is 1. The van der Waals surface area contributed by atoms with E-state index in [-0.39, 0.29) is 0 Å². The first-order valence-corrected chi connectivity index (χ1v) is 9.55. The zero-order valence-corrected chi connectivity index (χ0v) is 15.8. The van der Waals surface area contributed by atoms with Crippen LogP contribution in [0.5, 0.6) is 5.75 Å². The minimum atomic E-state index is 0.716. The fourth-order valence-corrected chi connectivity index (χ4v) is 4.09. The monoisotopic (exact) mass is 355 g/mol. The van der Waals surface area contributed by atoms with Crippen LogP contribution in [0.2, 0.25) is 0 Å². The summed E-state index contributed by atoms with van der Waals surface area (Å²) < 4.78 is 7.37. The topological polar surface area (TPSA) is 36.8 Å². The summed E-state index contributed by atoms with van der Waals surface area (Å²) in [4.78, 5) is 7.67. The Morgan fingerprint density at radius 3 is 2.73 bits per heavy atom. The summed E-state index contributed by atoms with van der Waals surface area (Å²) in [5.74, 6) is 0.846. The second kappa shape index (κ2) is 7.78. The highest BCUT2D eigenvalue weighted by Gasteiger charge is 2.29. The molecule has 0 spiro atoms. The highest BCUT2D eigenvalue weighted by atomic mass is 16.5. The van der Waals surface area contributed by atoms with Crippen LogP contribution in [-0.2, 0) is 6.54 Å². The van der Waals surface area contributed by atoms with Crippen LogP contribution in [0.3, 0.4) is 0 Å². The van der Waals surface area contributed by atoms with E-state index < -0.39 is 0 Å². The summed E-state index contributed by atoms with van der Waals surface area (Å²) >= 11 is 0. The van der Waals surface area contributed by atoms with Crippen LogP contribution in [0.4, 0.5) is 0 Å². The number of likely N-dealkylation sites (tertiary alicyclic amines) is 1. The number of likely N-dealkylation sites (N-methyl/N-ethyl adjacent to an activating group) is 1. The number of nitrogens with zero attached hydrogens (tertiary/aromatic N) is 5. The minimum absolute atomic E-state index is 0.716. The lowest BCUT2D eigenvalue weighted by atomic mass is 10.2. The molecule has 6 heteroatoms. The predicted octanol–water partition coefficient (Wildman–Crippen LogP) is 1.70. The Morgan fingerprint density at radius 2 is 1.92 bits per heavy atom. The number of ether oxygens (including phenoxy) is 1. The van der Waals surface area contributed by atoms with Gasteiger partial charge in [-0.1, -0.05) is 12.1 Å². The quantitative estimate of drug-likeness (QED) is 0.816. The maximum atomic E-state index is 5.45. The molecule has 1 aromatic heterocycles. The van der Waals surface area contributed by atoms with Gasteiger partial charge in [-0.25, -0.2) is 4.68 Å². The van der Waals surface area contributed by atoms with Crippen LogP contribution >= 0.6 is 0 Å². The lowest BCUT2D eigenvalue weighted by Gasteiger charge is -2.36. The first kappa shape index (κ1) is 17.5. The van der Waals surface area contributed by atoms with E-state index in [9.17, 15) is 0 Å². The van der Waals surface area contributed by atoms with E-state index in [1.54, 1.807) is 7.11 Å². The molecule has 4 rings (SSSR count). The molecule has 2 aromatic rings. The molecule has 2 aliphatic rings. The summed E-state index contributed by atoms with van der Waals surface area (Å²) in [5.41, 5.74) is 2.24. The molecule has 0 radical (unpaired) electrons. The van der Waals surface area contributed by atoms with Crippen LogP contribution in [0.25, 0.3) is 5.69 Å². The van der Waals surface area contributed by atoms with Gasteiger partial charge >= 0.3 is 0 Å². The number of piperazine rings is 1. The highest BCUT2D eigenvalue weighted by molar-refractivity contribution is 5.46. The van der Waals surface area contributed by atoms with Crippen molar-refractivity contribution < 1.29 is 4.74 Å². The van der Waals surface area contributed by atoms with Gasteiger partial charge in [-0.2, -0.15) is 5.10 Å². The van der Waals surface area contributed by atoms with Crippen molar-refractivity contribution in [1.29, 1.82) is 0 Å². The molecule has 1 aromatic carbocycles. The molecule has 140 valence electrons. The molecular weight excluding hydrogens is 326 g/mol. The van der Waals surface area contributed by atoms with Gasteiger partial charge in [0.05, 0.1) is 13.3 Å². The zero-order valence-electron chi connectivity index (χ0n) is 15.8. The zero-order chi connectivity index (χ0) is 17.9. The Labute approximate surface area is 155 Å². The Hall–Kier alpha value is -1.89. The lowest BCUT2D eigenvalue weighted by Crippen LogP contribution is -2.49. The molecular formula is C20H29N5O. The second-order valence-electron chi connectivity index (χ2n) is 7.48. The molecule has 0 amide bonds. The maximum Gasteiger partial charge on any atom is 0.144 e. The first-order valence-electron chi connectivity index (χ1n) is 9.55. The van der Waals surface area contributed by atoms with Crippen molar-refractivity contribution >= 4 is 0 Å². The molecule has 0 bridgehead atoms. The molecule has 2 aliphatic heterocycles. The van der Waals surface area contributed by atoms with Gasteiger partial charge in [-0.05, 0) is 25.6 Å². The Bertz CT molecular complexity index is 722. The molecule has 3 heterocycles. The highest BCUT2D eigenvalue weighted by Crippen LogP contribution is 2.23. The molecule has 26 heavy (non-hydrogen) atoms. The van der Waals surface area contributed by atoms with Gasteiger partial charge in [0.15, 0.2) is 0 Å². The largest absolute Gasteiger partial charge is 0.494 e. The fourth-order valence-electron chi connectivity index (χ4n) is 4.09. The molecule has 2 saturated heterocycles. The summed E-state index contributed by atoms with van der Waals surface area (Å²) in [6.45, 7) is 8.13. The van der Waals surface area contributed by atoms with Crippen LogP contribution in [0.15, 0.2) is 36.7 Å². The fraction of sp³-hybridized carbons (Fsp3) is 0.550. The number of methoxy groups -OCH3 is 1. The predicted molar refractivity (Wildman–Crippen MR) is 103 cm³/mol. The van der Waals surface area contributed by atoms with Crippen molar-refractivity contribution in [2.75, 3.05) is 53.4 Å². The summed E-state index contributed by atoms with van der Waals surface area (Å²) in [6.07, 6.45) is 5.39. The minimum Gasteiger partial charge on any atom is -0.494 e. The van der Waals surface area contributed by atoms with E-state index >= 15 is 0 Å². The standard InChI is InChI=1S/C20H29N5O/c1-22-9-11-24(12-10-22)18-7-8-23(16-18)14-17-13-21-25(15-17)19-5-3-4-6-20(19)26-2/h3-6,13,15,18H,7-12,14,16H2,1-2H3. The smallest absolute Gasteiger partial charge is 0.144 e. The van der Waals surface area contributed by atoms with E-state index in [1.165, 1.54) is 51.3 Å². The number of rotatable bonds is 5. The normalized spacial score (nSPS) is 22.8. The van der Waals surface area contributed by atoms with E-state index in [0.717, 1.165) is 18.0 Å². The van der Waals surface area contributed by atoms with Crippen LogP contribution in [0.1, 0.15) is 12.0 Å². The number of para-hydroxylation sites is 2. The second-order valence-corrected chi connectivity index (χ2v) is 7.48. The van der Waals surface area contributed by atoms with Crippen molar-refractivity contribution in [3.63, 3.8) is 0 Å². The Kier molecular flexibility index (Phi) is 5.24. The molecule has 0 saturated carbocycles. The number of hydrogen-bond acceptors (Lipinski definition) is 5. The van der Waals surface area contributed by atoms with Gasteiger partial charge in [-0.15, -0.1) is 0 Å². The number of hydrogen-bond donors (Lipinski definition) is 0. The SMILES string of the molecule is COc1ccccc1-n1cc(CN2CCC(N3CCN(C)CC3)C2)cn1. The van der Waals surface area contributed by atoms with E-state index in [4.69, 9.17) is 4.74 Å². The summed E-state index contributed by atoms with van der Waals surface area (Å²) in [6, 6.07) is 8.72. The Morgan fingerprint density at radius 1 is 1.12 bits per heavy atom. The van der Waals surface area contributed by atoms with Crippen LogP contribution in [0, 0.1) is 0 Å². The average molecular weight is 355 g/mol. The first-order chi connectivity index (χ1) is 12.7. The third-order valence-electron chi connectivity index (χ3n) is 5.68. The van der Waals surface area contributed by atoms with Gasteiger partial charge in [0.2, 0.25) is 0 Å². The van der Waals surface area contributed by atoms with Gasteiger partial charge in [0.25, 0.3) is 0 Å². The molecule has 0 aliphatic carbocycles. The number of aromatic nitrogens is 2. The van der Waals surface area contributed by atoms with Gasteiger partial charge in [-0.3, -0.25) is 9.80 Å². The molecule has 1 atom stereocenters. The maximum absolute atomic E-state index is 5.45. The third kappa shape index (κ3) is 3.77. The molecule has 2 fully saturated rings. The van der Waals surface area contributed by atoms with Crippen molar-refractivity contribution in [1.82, 2.24) is 24.5 Å². The van der Waals surface area contributed by atoms with Crippen molar-refractivity contribution in [3.05, 3.63) is 42.2 Å². The summed E-state index contributed by atoms with van der Waals surface area (Å²) in [5, 5.41) is 4.55. The Balaban J connectivity index is 1.36. The van der Waals surface area contributed by atoms with Gasteiger partial charge in [0, 0.05) is 63.6 Å². The van der Waals surface area contributed by atoms with Crippen molar-refractivity contribution in [2.24, 2.45) is 0 Å². The molecule has 6 nitrogen and oxygen atoms in total. The van der Waals surface area contributed by atoms with Crippen LogP contribution in [-0.4, -0.2) is 83.9 Å². The van der Waals surface area contributed by atoms with Gasteiger partial charge in [0.1, 0.15) is 11.4 Å². The summed E-state index contributed by atoms with van der Waals surface area (Å²) in [7, 11) is 3.92. The molecule has 0 N–H and O–H groups in total. The average Bonchev–Trinajstić information content (AvgIpc) is 3.32. The van der Waals surface area contributed by atoms with E-state index in [1.807, 2.05) is 35.1 Å². The van der Waals surface area contributed by atoms with E-state index in [0.29, 0.717) is 6.04 Å². The lowest BCUT2D eigenvalue weighted by molar-refractivity contribution is 0.112. The van der Waals surface area contributed by atoms with Crippen molar-refractivity contribution in [3.8, 4) is 11.4 Å².